The molecule has 2 atom stereocenters. The third-order valence-corrected chi connectivity index (χ3v) is 9.55. The van der Waals surface area contributed by atoms with E-state index in [0.29, 0.717) is 39.2 Å². The molecule has 9 nitrogen and oxygen atoms in total. The Morgan fingerprint density at radius 2 is 2.00 bits per heavy atom. The lowest BCUT2D eigenvalue weighted by Gasteiger charge is -2.38. The summed E-state index contributed by atoms with van der Waals surface area (Å²) in [7, 11) is 1.66. The van der Waals surface area contributed by atoms with Gasteiger partial charge in [0.2, 0.25) is 5.91 Å². The standard InChI is InChI=1S/C31H36BrN5O4/c1-41-13-12-37-18-25-20(15-26(32)29-24(25)17-33-35-29)6-7-22(31(37)40)16-28(38)36-10-8-19(9-11-36)23-14-21-4-2-3-5-27(21)34-30(23)39/h2-5,14-15,17,19,22,31,40H,6-13,16,18H2,1H3,(H,33,35)(H,34,39)/t22-,31?/m0/s1. The van der Waals surface area contributed by atoms with Gasteiger partial charge in [0.25, 0.3) is 5.56 Å². The van der Waals surface area contributed by atoms with Crippen LogP contribution in [0.4, 0.5) is 0 Å². The van der Waals surface area contributed by atoms with Gasteiger partial charge in [-0.2, -0.15) is 5.10 Å². The van der Waals surface area contributed by atoms with Crippen molar-refractivity contribution in [1.29, 1.82) is 0 Å². The number of carbonyl (C=O) groups is 1. The number of aromatic amines is 2. The van der Waals surface area contributed by atoms with Crippen LogP contribution in [-0.2, 0) is 22.5 Å². The molecule has 4 heterocycles. The van der Waals surface area contributed by atoms with Gasteiger partial charge >= 0.3 is 0 Å². The molecule has 0 aliphatic carbocycles. The number of fused-ring (bicyclic) bond motifs is 4. The molecule has 6 rings (SSSR count). The molecule has 3 N–H and O–H groups in total. The molecule has 2 aliphatic rings. The van der Waals surface area contributed by atoms with Crippen LogP contribution in [-0.4, -0.2) is 75.6 Å². The molecule has 10 heteroatoms. The highest BCUT2D eigenvalue weighted by Gasteiger charge is 2.33. The summed E-state index contributed by atoms with van der Waals surface area (Å²) in [6, 6.07) is 12.0. The van der Waals surface area contributed by atoms with E-state index < -0.39 is 6.23 Å². The number of pyridine rings is 1. The highest BCUT2D eigenvalue weighted by molar-refractivity contribution is 9.10. The predicted molar refractivity (Wildman–Crippen MR) is 162 cm³/mol. The number of ether oxygens (including phenoxy) is 1. The van der Waals surface area contributed by atoms with Crippen molar-refractivity contribution < 1.29 is 14.6 Å². The molecule has 2 aromatic carbocycles. The number of nitrogens with one attached hydrogen (secondary N) is 2. The zero-order chi connectivity index (χ0) is 28.5. The normalized spacial score (nSPS) is 20.7. The molecule has 1 fully saturated rings. The Bertz CT molecular complexity index is 1610. The summed E-state index contributed by atoms with van der Waals surface area (Å²) in [5, 5.41) is 20.9. The van der Waals surface area contributed by atoms with Crippen molar-refractivity contribution in [3.05, 3.63) is 74.1 Å². The zero-order valence-corrected chi connectivity index (χ0v) is 24.8. The summed E-state index contributed by atoms with van der Waals surface area (Å²) in [4.78, 5) is 33.3. The summed E-state index contributed by atoms with van der Waals surface area (Å²) in [5.41, 5.74) is 4.92. The summed E-state index contributed by atoms with van der Waals surface area (Å²) in [5.74, 6) is -0.00936. The molecule has 216 valence electrons. The minimum atomic E-state index is -0.762. The minimum Gasteiger partial charge on any atom is -0.383 e. The Labute approximate surface area is 247 Å². The van der Waals surface area contributed by atoms with Crippen LogP contribution in [0.1, 0.15) is 48.3 Å². The maximum absolute atomic E-state index is 13.5. The van der Waals surface area contributed by atoms with Crippen LogP contribution in [0, 0.1) is 5.92 Å². The van der Waals surface area contributed by atoms with Crippen molar-refractivity contribution in [1.82, 2.24) is 25.0 Å². The fourth-order valence-electron chi connectivity index (χ4n) is 6.56. The number of methoxy groups -OCH3 is 1. The van der Waals surface area contributed by atoms with Gasteiger partial charge in [-0.15, -0.1) is 0 Å². The van der Waals surface area contributed by atoms with Crippen LogP contribution < -0.4 is 5.56 Å². The second-order valence-electron chi connectivity index (χ2n) is 11.3. The van der Waals surface area contributed by atoms with Gasteiger partial charge in [-0.1, -0.05) is 18.2 Å². The molecule has 0 bridgehead atoms. The van der Waals surface area contributed by atoms with Gasteiger partial charge in [0, 0.05) is 66.6 Å². The van der Waals surface area contributed by atoms with Gasteiger partial charge in [0.1, 0.15) is 6.23 Å². The number of aryl methyl sites for hydroxylation is 1. The van der Waals surface area contributed by atoms with Crippen LogP contribution in [0.5, 0.6) is 0 Å². The molecular formula is C31H36BrN5O4. The number of amides is 1. The van der Waals surface area contributed by atoms with Crippen molar-refractivity contribution in [3.8, 4) is 0 Å². The van der Waals surface area contributed by atoms with Gasteiger partial charge in [-0.25, -0.2) is 0 Å². The minimum absolute atomic E-state index is 0.0399. The van der Waals surface area contributed by atoms with E-state index in [9.17, 15) is 14.7 Å². The van der Waals surface area contributed by atoms with Gasteiger partial charge in [0.05, 0.1) is 18.3 Å². The second kappa shape index (κ2) is 12.1. The topological polar surface area (TPSA) is 115 Å². The van der Waals surface area contributed by atoms with Crippen molar-refractivity contribution in [3.63, 3.8) is 0 Å². The molecule has 2 aromatic heterocycles. The Morgan fingerprint density at radius 3 is 2.80 bits per heavy atom. The Balaban J connectivity index is 1.15. The van der Waals surface area contributed by atoms with E-state index in [0.717, 1.165) is 56.7 Å². The van der Waals surface area contributed by atoms with E-state index in [1.165, 1.54) is 5.56 Å². The quantitative estimate of drug-likeness (QED) is 0.296. The number of halogens is 1. The molecule has 4 aromatic rings. The highest BCUT2D eigenvalue weighted by Crippen LogP contribution is 2.35. The molecule has 41 heavy (non-hydrogen) atoms. The zero-order valence-electron chi connectivity index (χ0n) is 23.2. The number of aliphatic hydroxyl groups is 1. The molecule has 0 radical (unpaired) electrons. The molecule has 0 saturated carbocycles. The van der Waals surface area contributed by atoms with Crippen molar-refractivity contribution >= 4 is 43.6 Å². The van der Waals surface area contributed by atoms with Crippen LogP contribution in [0.25, 0.3) is 21.8 Å². The first kappa shape index (κ1) is 28.1. The van der Waals surface area contributed by atoms with E-state index in [-0.39, 0.29) is 29.7 Å². The summed E-state index contributed by atoms with van der Waals surface area (Å²) in [6.45, 7) is 2.82. The number of hydrogen-bond acceptors (Lipinski definition) is 6. The van der Waals surface area contributed by atoms with E-state index in [2.05, 4.69) is 37.2 Å². The maximum Gasteiger partial charge on any atom is 0.251 e. The number of aromatic nitrogens is 3. The van der Waals surface area contributed by atoms with Crippen molar-refractivity contribution in [2.24, 2.45) is 5.92 Å². The monoisotopic (exact) mass is 621 g/mol. The third kappa shape index (κ3) is 5.70. The average Bonchev–Trinajstić information content (AvgIpc) is 3.48. The highest BCUT2D eigenvalue weighted by atomic mass is 79.9. The Kier molecular flexibility index (Phi) is 8.26. The van der Waals surface area contributed by atoms with Crippen molar-refractivity contribution in [2.75, 3.05) is 33.4 Å². The predicted octanol–water partition coefficient (Wildman–Crippen LogP) is 4.29. The lowest BCUT2D eigenvalue weighted by atomic mass is 9.87. The van der Waals surface area contributed by atoms with E-state index >= 15 is 0 Å². The molecule has 2 aliphatic heterocycles. The fourth-order valence-corrected chi connectivity index (χ4v) is 7.14. The Morgan fingerprint density at radius 1 is 1.20 bits per heavy atom. The molecule has 0 spiro atoms. The maximum atomic E-state index is 13.5. The number of hydrogen-bond donors (Lipinski definition) is 3. The lowest BCUT2D eigenvalue weighted by molar-refractivity contribution is -0.137. The fraction of sp³-hybridized carbons (Fsp3) is 0.452. The van der Waals surface area contributed by atoms with Crippen LogP contribution in [0.3, 0.4) is 0 Å². The number of piperidine rings is 1. The number of aliphatic hydroxyl groups excluding tert-OH is 1. The largest absolute Gasteiger partial charge is 0.383 e. The number of rotatable bonds is 6. The van der Waals surface area contributed by atoms with E-state index in [1.54, 1.807) is 7.11 Å². The second-order valence-corrected chi connectivity index (χ2v) is 12.2. The third-order valence-electron chi connectivity index (χ3n) is 8.92. The lowest BCUT2D eigenvalue weighted by Crippen LogP contribution is -2.46. The van der Waals surface area contributed by atoms with Crippen LogP contribution in [0.15, 0.2) is 51.9 Å². The van der Waals surface area contributed by atoms with Gasteiger partial charge in [-0.05, 0) is 82.2 Å². The first-order valence-electron chi connectivity index (χ1n) is 14.4. The molecule has 1 saturated heterocycles. The molecule has 1 amide bonds. The summed E-state index contributed by atoms with van der Waals surface area (Å²) in [6.07, 6.45) is 4.34. The number of H-pyrrole nitrogens is 2. The van der Waals surface area contributed by atoms with Gasteiger partial charge < -0.3 is 19.7 Å². The SMILES string of the molecule is COCCN1Cc2c(cc(Br)c3[nH]ncc23)CC[C@@H](CC(=O)N2CCC(c3cc4ccccc4[nH]c3=O)CC2)C1O. The smallest absolute Gasteiger partial charge is 0.251 e. The number of nitrogens with zero attached hydrogens (tertiary/aromatic N) is 3. The molecule has 1 unspecified atom stereocenters. The van der Waals surface area contributed by atoms with E-state index in [4.69, 9.17) is 4.74 Å². The molecular weight excluding hydrogens is 586 g/mol. The van der Waals surface area contributed by atoms with Crippen LogP contribution in [0.2, 0.25) is 0 Å². The summed E-state index contributed by atoms with van der Waals surface area (Å²) >= 11 is 3.68. The van der Waals surface area contributed by atoms with Gasteiger partial charge in [0.15, 0.2) is 0 Å². The Hall–Kier alpha value is -3.05. The van der Waals surface area contributed by atoms with Gasteiger partial charge in [-0.3, -0.25) is 19.6 Å². The summed E-state index contributed by atoms with van der Waals surface area (Å²) < 4.78 is 6.32. The van der Waals surface area contributed by atoms with E-state index in [1.807, 2.05) is 46.3 Å². The number of benzene rings is 2. The first-order valence-corrected chi connectivity index (χ1v) is 15.2. The number of carbonyl (C=O) groups excluding carboxylic acids is 1. The van der Waals surface area contributed by atoms with Crippen molar-refractivity contribution in [2.45, 2.75) is 50.8 Å². The van der Waals surface area contributed by atoms with Crippen LogP contribution >= 0.6 is 15.9 Å². The average molecular weight is 623 g/mol. The number of para-hydroxylation sites is 1. The first-order chi connectivity index (χ1) is 19.9. The number of likely N-dealkylation sites (tertiary alicyclic amines) is 1.